The number of benzene rings is 1. The summed E-state index contributed by atoms with van der Waals surface area (Å²) in [5.74, 6) is -1.11. The lowest BCUT2D eigenvalue weighted by Crippen LogP contribution is -2.37. The Hall–Kier alpha value is -2.88. The molecule has 0 spiro atoms. The number of carbonyl (C=O) groups excluding carboxylic acids is 1. The molecule has 0 aliphatic heterocycles. The van der Waals surface area contributed by atoms with Gasteiger partial charge in [-0.1, -0.05) is 44.5 Å². The van der Waals surface area contributed by atoms with E-state index in [4.69, 9.17) is 9.63 Å². The second-order valence-corrected chi connectivity index (χ2v) is 8.38. The van der Waals surface area contributed by atoms with Gasteiger partial charge in [0, 0.05) is 29.8 Å². The van der Waals surface area contributed by atoms with Crippen LogP contribution in [-0.4, -0.2) is 34.2 Å². The van der Waals surface area contributed by atoms with Gasteiger partial charge in [0.15, 0.2) is 11.5 Å². The van der Waals surface area contributed by atoms with E-state index in [1.165, 1.54) is 12.1 Å². The molecule has 2 rings (SSSR count). The Bertz CT molecular complexity index is 939. The van der Waals surface area contributed by atoms with E-state index in [-0.39, 0.29) is 42.4 Å². The van der Waals surface area contributed by atoms with Crippen LogP contribution in [0.2, 0.25) is 0 Å². The van der Waals surface area contributed by atoms with Crippen LogP contribution in [0.15, 0.2) is 28.8 Å². The lowest BCUT2D eigenvalue weighted by molar-refractivity contribution is -0.138. The largest absolute Gasteiger partial charge is 0.481 e. The second-order valence-electron chi connectivity index (χ2n) is 8.38. The average Bonchev–Trinajstić information content (AvgIpc) is 3.15. The number of carbonyl (C=O) groups is 2. The van der Waals surface area contributed by atoms with E-state index in [0.717, 1.165) is 18.6 Å². The van der Waals surface area contributed by atoms with Gasteiger partial charge < -0.3 is 20.3 Å². The summed E-state index contributed by atoms with van der Waals surface area (Å²) in [6, 6.07) is 3.87. The van der Waals surface area contributed by atoms with Crippen LogP contribution in [0.1, 0.15) is 68.6 Å². The SMILES string of the molecule is CCCC(CC(=O)O)NCc1c(C(=O)NC(C)C(C)C)noc1-c1ccc(C(F)(F)F)cc1. The summed E-state index contributed by atoms with van der Waals surface area (Å²) < 4.78 is 44.2. The van der Waals surface area contributed by atoms with Crippen molar-refractivity contribution in [1.29, 1.82) is 0 Å². The van der Waals surface area contributed by atoms with Crippen molar-refractivity contribution in [2.45, 2.75) is 71.8 Å². The van der Waals surface area contributed by atoms with Crippen molar-refractivity contribution < 1.29 is 32.4 Å². The molecule has 1 aromatic heterocycles. The highest BCUT2D eigenvalue weighted by molar-refractivity contribution is 5.95. The van der Waals surface area contributed by atoms with Gasteiger partial charge in [0.05, 0.1) is 12.0 Å². The number of aliphatic carboxylic acids is 1. The standard InChI is InChI=1S/C23H30F3N3O4/c1-5-6-17(11-19(30)31)27-12-18-20(22(32)28-14(4)13(2)3)29-33-21(18)15-7-9-16(10-8-15)23(24,25)26/h7-10,13-14,17,27H,5-6,11-12H2,1-4H3,(H,28,32)(H,30,31). The summed E-state index contributed by atoms with van der Waals surface area (Å²) in [5.41, 5.74) is -0.114. The molecule has 2 unspecified atom stereocenters. The van der Waals surface area contributed by atoms with Gasteiger partial charge in [-0.15, -0.1) is 0 Å². The molecule has 1 heterocycles. The van der Waals surface area contributed by atoms with Crippen LogP contribution in [0.3, 0.4) is 0 Å². The number of nitrogens with one attached hydrogen (secondary N) is 2. The molecule has 2 atom stereocenters. The zero-order valence-corrected chi connectivity index (χ0v) is 19.1. The number of hydrogen-bond acceptors (Lipinski definition) is 5. The van der Waals surface area contributed by atoms with E-state index in [9.17, 15) is 22.8 Å². The number of halogens is 3. The highest BCUT2D eigenvalue weighted by atomic mass is 19.4. The molecule has 0 aliphatic rings. The Morgan fingerprint density at radius 1 is 1.15 bits per heavy atom. The predicted molar refractivity (Wildman–Crippen MR) is 116 cm³/mol. The summed E-state index contributed by atoms with van der Waals surface area (Å²) in [6.07, 6.45) is -3.24. The Balaban J connectivity index is 2.40. The van der Waals surface area contributed by atoms with Crippen molar-refractivity contribution >= 4 is 11.9 Å². The number of alkyl halides is 3. The van der Waals surface area contributed by atoms with Crippen molar-refractivity contribution in [3.63, 3.8) is 0 Å². The van der Waals surface area contributed by atoms with Crippen LogP contribution in [0, 0.1) is 5.92 Å². The van der Waals surface area contributed by atoms with Crippen molar-refractivity contribution in [2.24, 2.45) is 5.92 Å². The molecule has 10 heteroatoms. The molecule has 0 saturated carbocycles. The first kappa shape index (κ1) is 26.4. The van der Waals surface area contributed by atoms with Crippen LogP contribution in [0.5, 0.6) is 0 Å². The maximum Gasteiger partial charge on any atom is 0.416 e. The van der Waals surface area contributed by atoms with Crippen molar-refractivity contribution in [2.75, 3.05) is 0 Å². The minimum atomic E-state index is -4.48. The maximum atomic E-state index is 12.9. The van der Waals surface area contributed by atoms with E-state index < -0.39 is 23.6 Å². The zero-order chi connectivity index (χ0) is 24.8. The Labute approximate surface area is 190 Å². The van der Waals surface area contributed by atoms with Crippen molar-refractivity contribution in [3.8, 4) is 11.3 Å². The number of nitrogens with zero attached hydrogens (tertiary/aromatic N) is 1. The Morgan fingerprint density at radius 2 is 1.79 bits per heavy atom. The number of carboxylic acids is 1. The predicted octanol–water partition coefficient (Wildman–Crippen LogP) is 4.87. The fourth-order valence-corrected chi connectivity index (χ4v) is 3.21. The van der Waals surface area contributed by atoms with Crippen LogP contribution < -0.4 is 10.6 Å². The molecule has 1 amide bonds. The van der Waals surface area contributed by atoms with E-state index >= 15 is 0 Å². The van der Waals surface area contributed by atoms with Gasteiger partial charge in [0.25, 0.3) is 5.91 Å². The van der Waals surface area contributed by atoms with Crippen LogP contribution in [-0.2, 0) is 17.5 Å². The number of aromatic nitrogens is 1. The molecular weight excluding hydrogens is 439 g/mol. The lowest BCUT2D eigenvalue weighted by Gasteiger charge is -2.18. The quantitative estimate of drug-likeness (QED) is 0.434. The molecule has 0 fully saturated rings. The molecule has 2 aromatic rings. The highest BCUT2D eigenvalue weighted by Crippen LogP contribution is 2.32. The molecule has 33 heavy (non-hydrogen) atoms. The molecule has 182 valence electrons. The maximum absolute atomic E-state index is 12.9. The third-order valence-electron chi connectivity index (χ3n) is 5.46. The normalized spacial score (nSPS) is 13.7. The van der Waals surface area contributed by atoms with Gasteiger partial charge in [-0.25, -0.2) is 0 Å². The average molecular weight is 470 g/mol. The van der Waals surface area contributed by atoms with Crippen LogP contribution in [0.25, 0.3) is 11.3 Å². The molecule has 7 nitrogen and oxygen atoms in total. The molecular formula is C23H30F3N3O4. The summed E-state index contributed by atoms with van der Waals surface area (Å²) in [7, 11) is 0. The van der Waals surface area contributed by atoms with Crippen LogP contribution in [0.4, 0.5) is 13.2 Å². The first-order valence-electron chi connectivity index (χ1n) is 10.9. The smallest absolute Gasteiger partial charge is 0.416 e. The van der Waals surface area contributed by atoms with E-state index in [1.54, 1.807) is 0 Å². The minimum absolute atomic E-state index is 0.00970. The van der Waals surface area contributed by atoms with Gasteiger partial charge in [0.1, 0.15) is 0 Å². The molecule has 0 aliphatic carbocycles. The number of carboxylic acid groups (broad SMARTS) is 1. The monoisotopic (exact) mass is 469 g/mol. The van der Waals surface area contributed by atoms with E-state index in [1.807, 2.05) is 27.7 Å². The third kappa shape index (κ3) is 7.31. The second kappa shape index (κ2) is 11.3. The van der Waals surface area contributed by atoms with Crippen molar-refractivity contribution in [1.82, 2.24) is 15.8 Å². The Kier molecular flexibility index (Phi) is 9.04. The highest BCUT2D eigenvalue weighted by Gasteiger charge is 2.31. The lowest BCUT2D eigenvalue weighted by atomic mass is 10.0. The molecule has 1 aromatic carbocycles. The van der Waals surface area contributed by atoms with Gasteiger partial charge in [-0.3, -0.25) is 9.59 Å². The van der Waals surface area contributed by atoms with Gasteiger partial charge in [-0.2, -0.15) is 13.2 Å². The molecule has 0 saturated heterocycles. The molecule has 0 radical (unpaired) electrons. The van der Waals surface area contributed by atoms with Crippen molar-refractivity contribution in [3.05, 3.63) is 41.1 Å². The number of hydrogen-bond donors (Lipinski definition) is 3. The fourth-order valence-electron chi connectivity index (χ4n) is 3.21. The summed E-state index contributed by atoms with van der Waals surface area (Å²) in [5, 5.41) is 19.0. The fraction of sp³-hybridized carbons (Fsp3) is 0.522. The number of amides is 1. The first-order chi connectivity index (χ1) is 15.4. The van der Waals surface area contributed by atoms with Gasteiger partial charge >= 0.3 is 12.1 Å². The van der Waals surface area contributed by atoms with E-state index in [2.05, 4.69) is 15.8 Å². The Morgan fingerprint density at radius 3 is 2.30 bits per heavy atom. The third-order valence-corrected chi connectivity index (χ3v) is 5.46. The van der Waals surface area contributed by atoms with Crippen LogP contribution >= 0.6 is 0 Å². The molecule has 3 N–H and O–H groups in total. The van der Waals surface area contributed by atoms with Gasteiger partial charge in [0.2, 0.25) is 0 Å². The topological polar surface area (TPSA) is 104 Å². The number of rotatable bonds is 11. The molecule has 0 bridgehead atoms. The zero-order valence-electron chi connectivity index (χ0n) is 19.1. The summed E-state index contributed by atoms with van der Waals surface area (Å²) in [4.78, 5) is 24.0. The van der Waals surface area contributed by atoms with E-state index in [0.29, 0.717) is 17.5 Å². The minimum Gasteiger partial charge on any atom is -0.481 e. The first-order valence-corrected chi connectivity index (χ1v) is 10.9. The summed E-state index contributed by atoms with van der Waals surface area (Å²) >= 11 is 0. The van der Waals surface area contributed by atoms with Gasteiger partial charge in [-0.05, 0) is 31.4 Å². The summed E-state index contributed by atoms with van der Waals surface area (Å²) in [6.45, 7) is 7.74.